The Bertz CT molecular complexity index is 1920. The second-order valence-electron chi connectivity index (χ2n) is 13.1. The normalized spacial score (nSPS) is 11.2. The molecule has 0 aliphatic rings. The molecule has 0 aliphatic heterocycles. The van der Waals surface area contributed by atoms with Crippen LogP contribution in [0.2, 0.25) is 10.0 Å². The van der Waals surface area contributed by atoms with Crippen molar-refractivity contribution in [3.05, 3.63) is 141 Å². The molecule has 0 spiro atoms. The Kier molecular flexibility index (Phi) is 16.5. The first-order valence-corrected chi connectivity index (χ1v) is 19.7. The minimum absolute atomic E-state index is 0.0129. The summed E-state index contributed by atoms with van der Waals surface area (Å²) >= 11 is 12.7. The van der Waals surface area contributed by atoms with Gasteiger partial charge in [0.15, 0.2) is 11.5 Å². The van der Waals surface area contributed by atoms with Crippen LogP contribution in [0.3, 0.4) is 0 Å². The van der Waals surface area contributed by atoms with E-state index < -0.39 is 11.9 Å². The van der Waals surface area contributed by atoms with Crippen molar-refractivity contribution in [2.75, 3.05) is 13.2 Å². The Hall–Kier alpha value is -5.44. The molecular weight excluding hydrogens is 747 g/mol. The predicted molar refractivity (Wildman–Crippen MR) is 226 cm³/mol. The van der Waals surface area contributed by atoms with Crippen LogP contribution in [0.1, 0.15) is 97.1 Å². The lowest BCUT2D eigenvalue weighted by molar-refractivity contribution is 0.0733. The molecule has 290 valence electrons. The standard InChI is InChI=1S/C46H46Cl2N2O6/c1-3-5-7-9-27-53-39-23-19-37(20-24-39)49-31-33-11-15-35(16-12-33)45(51)55-43-30-44(42(48)29-41(43)47)56-46(52)36-17-13-34(14-18-36)32-50-38-21-25-40(26-22-38)54-28-10-8-6-4-2/h11-26,29-32H,3-10,27-28H2,1-2H3. The minimum Gasteiger partial charge on any atom is -0.494 e. The summed E-state index contributed by atoms with van der Waals surface area (Å²) in [5.41, 5.74) is 3.71. The summed E-state index contributed by atoms with van der Waals surface area (Å²) in [5, 5.41) is 0.154. The molecule has 0 N–H and O–H groups in total. The van der Waals surface area contributed by atoms with Crippen molar-refractivity contribution in [3.63, 3.8) is 0 Å². The van der Waals surface area contributed by atoms with Crippen molar-refractivity contribution in [1.29, 1.82) is 0 Å². The maximum absolute atomic E-state index is 13.0. The zero-order valence-corrected chi connectivity index (χ0v) is 33.2. The van der Waals surface area contributed by atoms with Crippen molar-refractivity contribution in [3.8, 4) is 23.0 Å². The molecule has 0 atom stereocenters. The summed E-state index contributed by atoms with van der Waals surface area (Å²) in [6, 6.07) is 31.4. The lowest BCUT2D eigenvalue weighted by atomic mass is 10.1. The van der Waals surface area contributed by atoms with Crippen LogP contribution in [0.15, 0.2) is 119 Å². The molecule has 0 bridgehead atoms. The Balaban J connectivity index is 1.12. The Morgan fingerprint density at radius 1 is 0.518 bits per heavy atom. The van der Waals surface area contributed by atoms with Crippen molar-refractivity contribution >= 4 is 58.9 Å². The van der Waals surface area contributed by atoms with E-state index in [4.69, 9.17) is 42.1 Å². The van der Waals surface area contributed by atoms with Gasteiger partial charge in [0.25, 0.3) is 0 Å². The molecule has 8 nitrogen and oxygen atoms in total. The zero-order chi connectivity index (χ0) is 39.5. The van der Waals surface area contributed by atoms with E-state index >= 15 is 0 Å². The van der Waals surface area contributed by atoms with Crippen LogP contribution < -0.4 is 18.9 Å². The highest BCUT2D eigenvalue weighted by Crippen LogP contribution is 2.36. The molecule has 5 aromatic rings. The number of hydrogen-bond donors (Lipinski definition) is 0. The summed E-state index contributed by atoms with van der Waals surface area (Å²) in [4.78, 5) is 35.1. The van der Waals surface area contributed by atoms with Gasteiger partial charge in [-0.2, -0.15) is 0 Å². The second kappa shape index (κ2) is 22.2. The number of aliphatic imine (C=N–C) groups is 2. The van der Waals surface area contributed by atoms with Gasteiger partial charge < -0.3 is 18.9 Å². The number of halogens is 2. The molecule has 0 unspecified atom stereocenters. The van der Waals surface area contributed by atoms with Crippen molar-refractivity contribution in [1.82, 2.24) is 0 Å². The molecule has 0 fully saturated rings. The first-order chi connectivity index (χ1) is 27.3. The molecule has 56 heavy (non-hydrogen) atoms. The maximum atomic E-state index is 13.0. The van der Waals surface area contributed by atoms with Crippen molar-refractivity contribution in [2.24, 2.45) is 9.98 Å². The topological polar surface area (TPSA) is 95.8 Å². The molecule has 0 heterocycles. The van der Waals surface area contributed by atoms with Gasteiger partial charge in [-0.1, -0.05) is 99.8 Å². The molecule has 0 radical (unpaired) electrons. The molecule has 0 saturated carbocycles. The monoisotopic (exact) mass is 792 g/mol. The van der Waals surface area contributed by atoms with Crippen molar-refractivity contribution < 1.29 is 28.5 Å². The average Bonchev–Trinajstić information content (AvgIpc) is 3.22. The van der Waals surface area contributed by atoms with Crippen LogP contribution in [-0.2, 0) is 0 Å². The van der Waals surface area contributed by atoms with E-state index in [9.17, 15) is 9.59 Å². The molecule has 0 aliphatic carbocycles. The third kappa shape index (κ3) is 13.4. The van der Waals surface area contributed by atoms with Crippen LogP contribution in [0.5, 0.6) is 23.0 Å². The van der Waals surface area contributed by atoms with E-state index in [0.29, 0.717) is 13.2 Å². The highest BCUT2D eigenvalue weighted by atomic mass is 35.5. The summed E-state index contributed by atoms with van der Waals surface area (Å²) in [6.07, 6.45) is 12.7. The SMILES string of the molecule is CCCCCCOc1ccc(N=Cc2ccc(C(=O)Oc3cc(OC(=O)c4ccc(C=Nc5ccc(OCCCCCC)cc5)cc4)c(Cl)cc3Cl)cc2)cc1. The van der Waals surface area contributed by atoms with E-state index in [0.717, 1.165) is 46.8 Å². The number of ether oxygens (including phenoxy) is 4. The fourth-order valence-corrected chi connectivity index (χ4v) is 5.85. The number of unbranched alkanes of at least 4 members (excludes halogenated alkanes) is 6. The first-order valence-electron chi connectivity index (χ1n) is 19.0. The number of carbonyl (C=O) groups excluding carboxylic acids is 2. The minimum atomic E-state index is -0.653. The number of rotatable bonds is 20. The maximum Gasteiger partial charge on any atom is 0.343 e. The van der Waals surface area contributed by atoms with Gasteiger partial charge in [-0.25, -0.2) is 9.59 Å². The number of nitrogens with zero attached hydrogens (tertiary/aromatic N) is 2. The number of hydrogen-bond acceptors (Lipinski definition) is 8. The molecule has 5 rings (SSSR count). The van der Waals surface area contributed by atoms with Crippen LogP contribution in [0.4, 0.5) is 11.4 Å². The molecule has 0 amide bonds. The molecule has 0 saturated heterocycles. The lowest BCUT2D eigenvalue weighted by Crippen LogP contribution is -2.11. The number of benzene rings is 5. The largest absolute Gasteiger partial charge is 0.494 e. The van der Waals surface area contributed by atoms with Gasteiger partial charge in [0.05, 0.1) is 45.8 Å². The van der Waals surface area contributed by atoms with Crippen LogP contribution in [-0.4, -0.2) is 37.6 Å². The van der Waals surface area contributed by atoms with E-state index in [1.54, 1.807) is 61.0 Å². The Morgan fingerprint density at radius 3 is 1.29 bits per heavy atom. The van der Waals surface area contributed by atoms with E-state index in [-0.39, 0.29) is 32.7 Å². The molecule has 10 heteroatoms. The summed E-state index contributed by atoms with van der Waals surface area (Å²) in [7, 11) is 0. The molecule has 5 aromatic carbocycles. The highest BCUT2D eigenvalue weighted by molar-refractivity contribution is 6.36. The number of carbonyl (C=O) groups is 2. The second-order valence-corrected chi connectivity index (χ2v) is 13.9. The van der Waals surface area contributed by atoms with E-state index in [2.05, 4.69) is 23.8 Å². The van der Waals surface area contributed by atoms with Crippen LogP contribution in [0.25, 0.3) is 0 Å². The Labute approximate surface area is 339 Å². The quantitative estimate of drug-likeness (QED) is 0.0337. The third-order valence-electron chi connectivity index (χ3n) is 8.62. The zero-order valence-electron chi connectivity index (χ0n) is 31.7. The van der Waals surface area contributed by atoms with Gasteiger partial charge in [-0.15, -0.1) is 0 Å². The van der Waals surface area contributed by atoms with Gasteiger partial charge in [0, 0.05) is 18.5 Å². The van der Waals surface area contributed by atoms with Gasteiger partial charge in [0.2, 0.25) is 0 Å². The molecule has 0 aromatic heterocycles. The summed E-state index contributed by atoms with van der Waals surface area (Å²) in [5.74, 6) is 0.305. The molecular formula is C46H46Cl2N2O6. The van der Waals surface area contributed by atoms with Crippen molar-refractivity contribution in [2.45, 2.75) is 65.2 Å². The van der Waals surface area contributed by atoms with Gasteiger partial charge >= 0.3 is 11.9 Å². The van der Waals surface area contributed by atoms with Crippen LogP contribution in [0, 0.1) is 0 Å². The summed E-state index contributed by atoms with van der Waals surface area (Å²) in [6.45, 7) is 5.78. The van der Waals surface area contributed by atoms with Gasteiger partial charge in [-0.3, -0.25) is 9.98 Å². The Morgan fingerprint density at radius 2 is 0.911 bits per heavy atom. The third-order valence-corrected chi connectivity index (χ3v) is 9.21. The fraction of sp³-hybridized carbons (Fsp3) is 0.261. The highest BCUT2D eigenvalue weighted by Gasteiger charge is 2.18. The summed E-state index contributed by atoms with van der Waals surface area (Å²) < 4.78 is 22.7. The average molecular weight is 794 g/mol. The number of esters is 2. The van der Waals surface area contributed by atoms with Gasteiger partial charge in [-0.05, 0) is 103 Å². The van der Waals surface area contributed by atoms with E-state index in [1.807, 2.05) is 48.5 Å². The fourth-order valence-electron chi connectivity index (χ4n) is 5.39. The van der Waals surface area contributed by atoms with Gasteiger partial charge in [0.1, 0.15) is 11.5 Å². The van der Waals surface area contributed by atoms with Crippen LogP contribution >= 0.6 is 23.2 Å². The van der Waals surface area contributed by atoms with E-state index in [1.165, 1.54) is 50.7 Å². The predicted octanol–water partition coefficient (Wildman–Crippen LogP) is 12.9. The first kappa shape index (κ1) is 41.7. The lowest BCUT2D eigenvalue weighted by Gasteiger charge is -2.11. The smallest absolute Gasteiger partial charge is 0.343 e.